The van der Waals surface area contributed by atoms with E-state index in [4.69, 9.17) is 0 Å². The molecule has 3 nitrogen and oxygen atoms in total. The average Bonchev–Trinajstić information content (AvgIpc) is 2.64. The van der Waals surface area contributed by atoms with E-state index in [0.29, 0.717) is 6.04 Å². The van der Waals surface area contributed by atoms with Crippen molar-refractivity contribution in [1.29, 1.82) is 0 Å². The van der Waals surface area contributed by atoms with Gasteiger partial charge in [-0.2, -0.15) is 5.10 Å². The first-order valence-corrected chi connectivity index (χ1v) is 5.00. The largest absolute Gasteiger partial charge is 0.504 e. The highest BCUT2D eigenvalue weighted by molar-refractivity contribution is 9.10. The minimum absolute atomic E-state index is 0.238. The Kier molecular flexibility index (Phi) is 2.09. The molecule has 12 heavy (non-hydrogen) atoms. The first-order valence-electron chi connectivity index (χ1n) is 4.21. The van der Waals surface area contributed by atoms with Gasteiger partial charge in [0.25, 0.3) is 0 Å². The Balaban J connectivity index is 2.26. The molecule has 0 unspecified atom stereocenters. The van der Waals surface area contributed by atoms with E-state index >= 15 is 0 Å². The summed E-state index contributed by atoms with van der Waals surface area (Å²) in [6.45, 7) is 0. The third kappa shape index (κ3) is 1.24. The quantitative estimate of drug-likeness (QED) is 0.806. The molecule has 0 amide bonds. The summed E-state index contributed by atoms with van der Waals surface area (Å²) in [7, 11) is 0. The maximum absolute atomic E-state index is 9.27. The molecule has 0 saturated heterocycles. The van der Waals surface area contributed by atoms with Gasteiger partial charge in [-0.05, 0) is 28.8 Å². The van der Waals surface area contributed by atoms with Gasteiger partial charge in [-0.15, -0.1) is 0 Å². The van der Waals surface area contributed by atoms with Crippen LogP contribution in [0.3, 0.4) is 0 Å². The molecule has 0 radical (unpaired) electrons. The van der Waals surface area contributed by atoms with E-state index in [1.807, 2.05) is 4.68 Å². The van der Waals surface area contributed by atoms with Crippen LogP contribution in [0.1, 0.15) is 31.7 Å². The van der Waals surface area contributed by atoms with Crippen molar-refractivity contribution in [3.8, 4) is 5.75 Å². The molecular formula is C8H11BrN2O. The van der Waals surface area contributed by atoms with E-state index in [-0.39, 0.29) is 5.75 Å². The van der Waals surface area contributed by atoms with Crippen LogP contribution in [0.5, 0.6) is 5.75 Å². The predicted molar refractivity (Wildman–Crippen MR) is 49.1 cm³/mol. The summed E-state index contributed by atoms with van der Waals surface area (Å²) >= 11 is 3.31. The van der Waals surface area contributed by atoms with Crippen LogP contribution >= 0.6 is 15.9 Å². The summed E-state index contributed by atoms with van der Waals surface area (Å²) in [5.74, 6) is 0.238. The van der Waals surface area contributed by atoms with Crippen LogP contribution in [0.25, 0.3) is 0 Å². The maximum Gasteiger partial charge on any atom is 0.168 e. The number of nitrogens with zero attached hydrogens (tertiary/aromatic N) is 2. The van der Waals surface area contributed by atoms with E-state index in [0.717, 1.165) is 4.60 Å². The van der Waals surface area contributed by atoms with Crippen LogP contribution in [0.15, 0.2) is 10.8 Å². The van der Waals surface area contributed by atoms with E-state index in [9.17, 15) is 5.11 Å². The van der Waals surface area contributed by atoms with E-state index in [2.05, 4.69) is 21.0 Å². The maximum atomic E-state index is 9.27. The molecule has 0 aromatic carbocycles. The Labute approximate surface area is 79.5 Å². The van der Waals surface area contributed by atoms with Crippen molar-refractivity contribution in [1.82, 2.24) is 9.78 Å². The topological polar surface area (TPSA) is 38.1 Å². The molecule has 1 fully saturated rings. The summed E-state index contributed by atoms with van der Waals surface area (Å²) in [4.78, 5) is 0. The standard InChI is InChI=1S/C8H11BrN2O/c9-8-7(12)5-10-11(8)6-3-1-2-4-6/h5-6,12H,1-4H2. The fraction of sp³-hybridized carbons (Fsp3) is 0.625. The van der Waals surface area contributed by atoms with Crippen molar-refractivity contribution in [2.45, 2.75) is 31.7 Å². The lowest BCUT2D eigenvalue weighted by Gasteiger charge is -2.10. The van der Waals surface area contributed by atoms with E-state index in [1.165, 1.54) is 31.9 Å². The lowest BCUT2D eigenvalue weighted by Crippen LogP contribution is -2.06. The third-order valence-electron chi connectivity index (χ3n) is 2.39. The van der Waals surface area contributed by atoms with Crippen molar-refractivity contribution in [3.05, 3.63) is 10.8 Å². The van der Waals surface area contributed by atoms with Gasteiger partial charge in [0.05, 0.1) is 12.2 Å². The third-order valence-corrected chi connectivity index (χ3v) is 3.16. The lowest BCUT2D eigenvalue weighted by atomic mass is 10.3. The van der Waals surface area contributed by atoms with Crippen LogP contribution in [-0.2, 0) is 0 Å². The first-order chi connectivity index (χ1) is 5.79. The molecule has 0 aliphatic heterocycles. The Morgan fingerprint density at radius 2 is 2.17 bits per heavy atom. The number of hydrogen-bond acceptors (Lipinski definition) is 2. The van der Waals surface area contributed by atoms with Crippen LogP contribution in [0.2, 0.25) is 0 Å². The molecule has 1 aromatic rings. The zero-order valence-electron chi connectivity index (χ0n) is 6.70. The molecule has 1 N–H and O–H groups in total. The summed E-state index contributed by atoms with van der Waals surface area (Å²) < 4.78 is 2.59. The van der Waals surface area contributed by atoms with Gasteiger partial charge in [-0.25, -0.2) is 0 Å². The van der Waals surface area contributed by atoms with Gasteiger partial charge < -0.3 is 5.11 Å². The fourth-order valence-electron chi connectivity index (χ4n) is 1.74. The summed E-state index contributed by atoms with van der Waals surface area (Å²) in [5, 5.41) is 13.4. The Bertz CT molecular complexity index is 279. The van der Waals surface area contributed by atoms with Gasteiger partial charge in [0.2, 0.25) is 0 Å². The van der Waals surface area contributed by atoms with Gasteiger partial charge in [0.1, 0.15) is 4.60 Å². The highest BCUT2D eigenvalue weighted by Crippen LogP contribution is 2.34. The van der Waals surface area contributed by atoms with Crippen LogP contribution < -0.4 is 0 Å². The van der Waals surface area contributed by atoms with Gasteiger partial charge in [0.15, 0.2) is 5.75 Å². The monoisotopic (exact) mass is 230 g/mol. The predicted octanol–water partition coefficient (Wildman–Crippen LogP) is 2.47. The minimum Gasteiger partial charge on any atom is -0.504 e. The second kappa shape index (κ2) is 3.09. The molecule has 0 bridgehead atoms. The lowest BCUT2D eigenvalue weighted by molar-refractivity contribution is 0.441. The second-order valence-corrected chi connectivity index (χ2v) is 3.95. The average molecular weight is 231 g/mol. The zero-order valence-corrected chi connectivity index (χ0v) is 8.29. The van der Waals surface area contributed by atoms with Gasteiger partial charge >= 0.3 is 0 Å². The van der Waals surface area contributed by atoms with Gasteiger partial charge in [0, 0.05) is 0 Å². The van der Waals surface area contributed by atoms with Crippen molar-refractivity contribution < 1.29 is 5.11 Å². The van der Waals surface area contributed by atoms with E-state index in [1.54, 1.807) is 0 Å². The smallest absolute Gasteiger partial charge is 0.168 e. The fourth-order valence-corrected chi connectivity index (χ4v) is 2.23. The first kappa shape index (κ1) is 8.10. The number of halogens is 1. The van der Waals surface area contributed by atoms with Crippen molar-refractivity contribution >= 4 is 15.9 Å². The molecular weight excluding hydrogens is 220 g/mol. The Morgan fingerprint density at radius 1 is 1.50 bits per heavy atom. The molecule has 0 spiro atoms. The van der Waals surface area contributed by atoms with Crippen LogP contribution in [0.4, 0.5) is 0 Å². The Hall–Kier alpha value is -0.510. The van der Waals surface area contributed by atoms with Crippen LogP contribution in [-0.4, -0.2) is 14.9 Å². The SMILES string of the molecule is Oc1cnn(C2CCCC2)c1Br. The zero-order chi connectivity index (χ0) is 8.55. The highest BCUT2D eigenvalue weighted by atomic mass is 79.9. The molecule has 0 atom stereocenters. The molecule has 1 aromatic heterocycles. The summed E-state index contributed by atoms with van der Waals surface area (Å²) in [5.41, 5.74) is 0. The summed E-state index contributed by atoms with van der Waals surface area (Å²) in [6.07, 6.45) is 6.40. The number of aromatic hydroxyl groups is 1. The Morgan fingerprint density at radius 3 is 2.67 bits per heavy atom. The minimum atomic E-state index is 0.238. The normalized spacial score (nSPS) is 18.8. The molecule has 1 aliphatic rings. The number of hydrogen-bond donors (Lipinski definition) is 1. The van der Waals surface area contributed by atoms with E-state index < -0.39 is 0 Å². The molecule has 66 valence electrons. The number of aromatic nitrogens is 2. The molecule has 1 saturated carbocycles. The van der Waals surface area contributed by atoms with Crippen molar-refractivity contribution in [3.63, 3.8) is 0 Å². The highest BCUT2D eigenvalue weighted by Gasteiger charge is 2.20. The van der Waals surface area contributed by atoms with Gasteiger partial charge in [-0.3, -0.25) is 4.68 Å². The molecule has 4 heteroatoms. The second-order valence-electron chi connectivity index (χ2n) is 3.20. The summed E-state index contributed by atoms with van der Waals surface area (Å²) in [6, 6.07) is 0.486. The van der Waals surface area contributed by atoms with Gasteiger partial charge in [-0.1, -0.05) is 12.8 Å². The number of rotatable bonds is 1. The molecule has 2 rings (SSSR count). The molecule has 1 heterocycles. The van der Waals surface area contributed by atoms with Crippen molar-refractivity contribution in [2.24, 2.45) is 0 Å². The van der Waals surface area contributed by atoms with Crippen molar-refractivity contribution in [2.75, 3.05) is 0 Å². The van der Waals surface area contributed by atoms with Crippen LogP contribution in [0, 0.1) is 0 Å². The molecule has 1 aliphatic carbocycles.